The number of nitrogens with zero attached hydrogens (tertiary/aromatic N) is 3. The van der Waals surface area contributed by atoms with Gasteiger partial charge in [-0.25, -0.2) is 4.98 Å². The lowest BCUT2D eigenvalue weighted by Gasteiger charge is -2.22. The molecule has 0 atom stereocenters. The first-order valence-corrected chi connectivity index (χ1v) is 13.6. The number of nitrogens with one attached hydrogen (secondary N) is 1. The van der Waals surface area contributed by atoms with Gasteiger partial charge in [-0.2, -0.15) is 0 Å². The molecule has 0 bridgehead atoms. The van der Waals surface area contributed by atoms with Crippen molar-refractivity contribution >= 4 is 17.8 Å². The van der Waals surface area contributed by atoms with Gasteiger partial charge < -0.3 is 9.64 Å². The van der Waals surface area contributed by atoms with Crippen LogP contribution in [0.2, 0.25) is 0 Å². The summed E-state index contributed by atoms with van der Waals surface area (Å²) in [4.78, 5) is 33.4. The lowest BCUT2D eigenvalue weighted by molar-refractivity contribution is -0.117. The van der Waals surface area contributed by atoms with Crippen molar-refractivity contribution in [3.8, 4) is 22.7 Å². The van der Waals surface area contributed by atoms with Crippen LogP contribution in [0.5, 0.6) is 5.75 Å². The number of ether oxygens (including phenoxy) is 1. The van der Waals surface area contributed by atoms with E-state index in [0.29, 0.717) is 30.4 Å². The van der Waals surface area contributed by atoms with Gasteiger partial charge in [-0.15, -0.1) is 0 Å². The van der Waals surface area contributed by atoms with Gasteiger partial charge in [0.1, 0.15) is 12.3 Å². The zero-order valence-electron chi connectivity index (χ0n) is 23.2. The number of anilines is 1. The Morgan fingerprint density at radius 3 is 2.29 bits per heavy atom. The van der Waals surface area contributed by atoms with Crippen molar-refractivity contribution in [3.63, 3.8) is 0 Å². The number of hydrogen-bond donors (Lipinski definition) is 1. The minimum Gasteiger partial charge on any atom is -0.494 e. The average Bonchev–Trinajstić information content (AvgIpc) is 3.42. The number of aromatic nitrogens is 2. The van der Waals surface area contributed by atoms with Crippen molar-refractivity contribution in [2.75, 3.05) is 18.5 Å². The molecule has 1 heterocycles. The monoisotopic (exact) mass is 544 g/mol. The van der Waals surface area contributed by atoms with Crippen LogP contribution in [-0.2, 0) is 11.3 Å². The van der Waals surface area contributed by atoms with Crippen molar-refractivity contribution in [2.24, 2.45) is 0 Å². The van der Waals surface area contributed by atoms with Crippen LogP contribution in [0, 0.1) is 6.92 Å². The van der Waals surface area contributed by atoms with Crippen LogP contribution in [0.15, 0.2) is 115 Å². The van der Waals surface area contributed by atoms with Crippen molar-refractivity contribution in [1.82, 2.24) is 14.5 Å². The molecule has 0 fully saturated rings. The van der Waals surface area contributed by atoms with E-state index in [9.17, 15) is 9.59 Å². The summed E-state index contributed by atoms with van der Waals surface area (Å²) < 4.78 is 7.53. The van der Waals surface area contributed by atoms with Gasteiger partial charge in [0.15, 0.2) is 0 Å². The highest BCUT2D eigenvalue weighted by Gasteiger charge is 2.21. The molecular weight excluding hydrogens is 512 g/mol. The minimum atomic E-state index is -0.353. The molecule has 1 N–H and O–H groups in total. The summed E-state index contributed by atoms with van der Waals surface area (Å²) in [7, 11) is 0. The first-order valence-electron chi connectivity index (χ1n) is 13.6. The minimum absolute atomic E-state index is 0.145. The fraction of sp³-hybridized carbons (Fsp3) is 0.147. The van der Waals surface area contributed by atoms with Gasteiger partial charge in [-0.05, 0) is 43.7 Å². The summed E-state index contributed by atoms with van der Waals surface area (Å²) in [5, 5.41) is 2.96. The fourth-order valence-electron chi connectivity index (χ4n) is 4.52. The Labute approximate surface area is 240 Å². The SMILES string of the molecule is CCOc1cccc(-n2cc(-c3ccccc3)nc2NC(=O)CN(Cc2ccccc2)C(=O)c2ccc(C)cc2)c1. The lowest BCUT2D eigenvalue weighted by Crippen LogP contribution is -2.38. The molecule has 0 spiro atoms. The standard InChI is InChI=1S/C34H32N4O3/c1-3-41-30-16-10-15-29(21-30)38-23-31(27-13-8-5-9-14-27)35-34(38)36-32(39)24-37(22-26-11-6-4-7-12-26)33(40)28-19-17-25(2)18-20-28/h4-21,23H,3,22,24H2,1-2H3,(H,35,36,39). The molecule has 5 aromatic rings. The summed E-state index contributed by atoms with van der Waals surface area (Å²) in [6.45, 7) is 4.59. The van der Waals surface area contributed by atoms with E-state index in [4.69, 9.17) is 9.72 Å². The van der Waals surface area contributed by atoms with Crippen LogP contribution in [0.4, 0.5) is 5.95 Å². The fourth-order valence-corrected chi connectivity index (χ4v) is 4.52. The molecule has 0 unspecified atom stereocenters. The third kappa shape index (κ3) is 6.89. The van der Waals surface area contributed by atoms with Crippen LogP contribution in [-0.4, -0.2) is 39.4 Å². The second-order valence-corrected chi connectivity index (χ2v) is 9.68. The van der Waals surface area contributed by atoms with Crippen molar-refractivity contribution in [1.29, 1.82) is 0 Å². The number of aryl methyl sites for hydroxylation is 1. The number of hydrogen-bond acceptors (Lipinski definition) is 4. The van der Waals surface area contributed by atoms with E-state index in [-0.39, 0.29) is 18.4 Å². The molecule has 0 aliphatic heterocycles. The second-order valence-electron chi connectivity index (χ2n) is 9.68. The molecule has 0 saturated carbocycles. The number of benzene rings is 4. The Morgan fingerprint density at radius 1 is 0.878 bits per heavy atom. The van der Waals surface area contributed by atoms with Gasteiger partial charge in [0, 0.05) is 29.9 Å². The van der Waals surface area contributed by atoms with E-state index in [1.807, 2.05) is 122 Å². The normalized spacial score (nSPS) is 10.7. The highest BCUT2D eigenvalue weighted by Crippen LogP contribution is 2.26. The van der Waals surface area contributed by atoms with Crippen LogP contribution in [0.1, 0.15) is 28.4 Å². The van der Waals surface area contributed by atoms with Gasteiger partial charge in [0.25, 0.3) is 5.91 Å². The quantitative estimate of drug-likeness (QED) is 0.217. The smallest absolute Gasteiger partial charge is 0.254 e. The van der Waals surface area contributed by atoms with Gasteiger partial charge in [0.2, 0.25) is 11.9 Å². The van der Waals surface area contributed by atoms with Crippen LogP contribution >= 0.6 is 0 Å². The molecule has 0 aliphatic rings. The van der Waals surface area contributed by atoms with E-state index < -0.39 is 0 Å². The molecule has 4 aromatic carbocycles. The highest BCUT2D eigenvalue weighted by molar-refractivity contribution is 5.99. The Morgan fingerprint density at radius 2 is 1.59 bits per heavy atom. The van der Waals surface area contributed by atoms with Crippen LogP contribution < -0.4 is 10.1 Å². The van der Waals surface area contributed by atoms with E-state index in [1.165, 1.54) is 0 Å². The maximum Gasteiger partial charge on any atom is 0.254 e. The average molecular weight is 545 g/mol. The highest BCUT2D eigenvalue weighted by atomic mass is 16.5. The van der Waals surface area contributed by atoms with Gasteiger partial charge in [0.05, 0.1) is 18.0 Å². The predicted octanol–water partition coefficient (Wildman–Crippen LogP) is 6.53. The Hall–Kier alpha value is -5.17. The molecule has 0 radical (unpaired) electrons. The maximum atomic E-state index is 13.5. The second kappa shape index (κ2) is 12.8. The number of carbonyl (C=O) groups is 2. The molecule has 206 valence electrons. The zero-order valence-corrected chi connectivity index (χ0v) is 23.2. The lowest BCUT2D eigenvalue weighted by atomic mass is 10.1. The number of imidazole rings is 1. The molecule has 2 amide bonds. The summed E-state index contributed by atoms with van der Waals surface area (Å²) in [5.74, 6) is 0.496. The summed E-state index contributed by atoms with van der Waals surface area (Å²) in [6, 6.07) is 34.4. The first-order chi connectivity index (χ1) is 20.0. The van der Waals surface area contributed by atoms with Crippen molar-refractivity contribution < 1.29 is 14.3 Å². The van der Waals surface area contributed by atoms with Crippen LogP contribution in [0.3, 0.4) is 0 Å². The Balaban J connectivity index is 1.44. The third-order valence-corrected chi connectivity index (χ3v) is 6.57. The molecule has 1 aromatic heterocycles. The Bertz CT molecular complexity index is 1610. The van der Waals surface area contributed by atoms with Gasteiger partial charge >= 0.3 is 0 Å². The molecule has 0 saturated heterocycles. The van der Waals surface area contributed by atoms with Crippen molar-refractivity contribution in [2.45, 2.75) is 20.4 Å². The van der Waals surface area contributed by atoms with E-state index in [0.717, 1.165) is 28.1 Å². The third-order valence-electron chi connectivity index (χ3n) is 6.57. The largest absolute Gasteiger partial charge is 0.494 e. The molecule has 5 rings (SSSR count). The maximum absolute atomic E-state index is 13.5. The number of carbonyl (C=O) groups excluding carboxylic acids is 2. The molecule has 7 nitrogen and oxygen atoms in total. The first kappa shape index (κ1) is 27.4. The molecule has 0 aliphatic carbocycles. The number of rotatable bonds is 10. The molecular formula is C34H32N4O3. The predicted molar refractivity (Wildman–Crippen MR) is 161 cm³/mol. The van der Waals surface area contributed by atoms with E-state index >= 15 is 0 Å². The topological polar surface area (TPSA) is 76.5 Å². The van der Waals surface area contributed by atoms with Gasteiger partial charge in [-0.3, -0.25) is 19.5 Å². The van der Waals surface area contributed by atoms with Crippen LogP contribution in [0.25, 0.3) is 16.9 Å². The molecule has 41 heavy (non-hydrogen) atoms. The number of amides is 2. The molecule has 7 heteroatoms. The van der Waals surface area contributed by atoms with E-state index in [2.05, 4.69) is 5.32 Å². The van der Waals surface area contributed by atoms with Gasteiger partial charge in [-0.1, -0.05) is 84.4 Å². The van der Waals surface area contributed by atoms with E-state index in [1.54, 1.807) is 17.0 Å². The van der Waals surface area contributed by atoms with Crippen molar-refractivity contribution in [3.05, 3.63) is 132 Å². The summed E-state index contributed by atoms with van der Waals surface area (Å²) in [5.41, 5.74) is 4.94. The zero-order chi connectivity index (χ0) is 28.6. The summed E-state index contributed by atoms with van der Waals surface area (Å²) in [6.07, 6.45) is 1.88. The Kier molecular flexibility index (Phi) is 8.55. The summed E-state index contributed by atoms with van der Waals surface area (Å²) >= 11 is 0.